The third kappa shape index (κ3) is 6.35. The number of para-hydroxylation sites is 1. The minimum Gasteiger partial charge on any atom is -0.492 e. The zero-order chi connectivity index (χ0) is 23.0. The summed E-state index contributed by atoms with van der Waals surface area (Å²) in [4.78, 5) is 14.9. The number of hydrogen-bond donors (Lipinski definition) is 1. The van der Waals surface area contributed by atoms with Gasteiger partial charge in [-0.2, -0.15) is 5.10 Å². The highest BCUT2D eigenvalue weighted by Crippen LogP contribution is 2.19. The third-order valence-electron chi connectivity index (χ3n) is 5.82. The van der Waals surface area contributed by atoms with Crippen molar-refractivity contribution in [2.24, 2.45) is 0 Å². The highest BCUT2D eigenvalue weighted by molar-refractivity contribution is 6.32. The van der Waals surface area contributed by atoms with Crippen molar-refractivity contribution in [2.75, 3.05) is 33.4 Å². The largest absolute Gasteiger partial charge is 0.492 e. The van der Waals surface area contributed by atoms with Gasteiger partial charge in [0.05, 0.1) is 22.5 Å². The van der Waals surface area contributed by atoms with Crippen LogP contribution in [0.2, 0.25) is 5.02 Å². The molecule has 0 unspecified atom stereocenters. The Balaban J connectivity index is 1.26. The fourth-order valence-electron chi connectivity index (χ4n) is 3.85. The summed E-state index contributed by atoms with van der Waals surface area (Å²) >= 11 is 6.22. The van der Waals surface area contributed by atoms with Gasteiger partial charge in [-0.05, 0) is 49.7 Å². The first-order chi connectivity index (χ1) is 16.1. The summed E-state index contributed by atoms with van der Waals surface area (Å²) in [6.07, 6.45) is 5.35. The molecule has 1 aliphatic rings. The van der Waals surface area contributed by atoms with Crippen molar-refractivity contribution in [1.82, 2.24) is 20.0 Å². The number of carbonyl (C=O) groups excluding carboxylic acids is 1. The molecule has 1 fully saturated rings. The van der Waals surface area contributed by atoms with E-state index in [4.69, 9.17) is 21.1 Å². The number of nitrogens with one attached hydrogen (secondary N) is 1. The predicted octanol–water partition coefficient (Wildman–Crippen LogP) is 3.95. The van der Waals surface area contributed by atoms with Gasteiger partial charge in [0.1, 0.15) is 12.4 Å². The van der Waals surface area contributed by atoms with Gasteiger partial charge in [0.15, 0.2) is 0 Å². The molecule has 7 nitrogen and oxygen atoms in total. The van der Waals surface area contributed by atoms with Crippen LogP contribution in [0.15, 0.2) is 60.9 Å². The molecule has 4 rings (SSSR count). The second-order valence-corrected chi connectivity index (χ2v) is 8.53. The van der Waals surface area contributed by atoms with Crippen molar-refractivity contribution in [3.8, 4) is 11.4 Å². The number of rotatable bonds is 9. The number of hydrogen-bond acceptors (Lipinski definition) is 5. The van der Waals surface area contributed by atoms with Crippen LogP contribution in [0.5, 0.6) is 5.75 Å². The number of amides is 1. The van der Waals surface area contributed by atoms with Crippen molar-refractivity contribution in [3.63, 3.8) is 0 Å². The van der Waals surface area contributed by atoms with Gasteiger partial charge in [-0.1, -0.05) is 35.9 Å². The fraction of sp³-hybridized carbons (Fsp3) is 0.360. The molecular formula is C25H29ClN4O3. The molecule has 2 aromatic carbocycles. The fourth-order valence-corrected chi connectivity index (χ4v) is 4.08. The van der Waals surface area contributed by atoms with Crippen LogP contribution in [0.1, 0.15) is 28.8 Å². The first-order valence-corrected chi connectivity index (χ1v) is 11.6. The lowest BCUT2D eigenvalue weighted by Gasteiger charge is -2.31. The number of nitrogens with zero attached hydrogens (tertiary/aromatic N) is 3. The van der Waals surface area contributed by atoms with Crippen molar-refractivity contribution in [2.45, 2.75) is 25.4 Å². The predicted molar refractivity (Wildman–Crippen MR) is 128 cm³/mol. The van der Waals surface area contributed by atoms with Gasteiger partial charge in [0.2, 0.25) is 0 Å². The first kappa shape index (κ1) is 23.3. The Bertz CT molecular complexity index is 1070. The number of halogens is 1. The van der Waals surface area contributed by atoms with Crippen molar-refractivity contribution < 1.29 is 14.3 Å². The van der Waals surface area contributed by atoms with Crippen LogP contribution in [-0.4, -0.2) is 60.0 Å². The van der Waals surface area contributed by atoms with E-state index in [0.717, 1.165) is 49.6 Å². The van der Waals surface area contributed by atoms with E-state index in [2.05, 4.69) is 22.4 Å². The first-order valence-electron chi connectivity index (χ1n) is 11.2. The average Bonchev–Trinajstić information content (AvgIpc) is 3.34. The topological polar surface area (TPSA) is 68.6 Å². The minimum absolute atomic E-state index is 0.197. The van der Waals surface area contributed by atoms with E-state index in [9.17, 15) is 4.79 Å². The molecule has 0 spiro atoms. The Morgan fingerprint density at radius 3 is 2.88 bits per heavy atom. The monoisotopic (exact) mass is 468 g/mol. The smallest absolute Gasteiger partial charge is 0.254 e. The SMILES string of the molecule is CN(CCOc1cccc(CNC(=O)c2cnn(-c3ccccc3Cl)c2)c1)C1CCOCC1. The summed E-state index contributed by atoms with van der Waals surface area (Å²) in [6.45, 7) is 3.55. The molecule has 33 heavy (non-hydrogen) atoms. The van der Waals surface area contributed by atoms with Crippen LogP contribution < -0.4 is 10.1 Å². The zero-order valence-electron chi connectivity index (χ0n) is 18.7. The summed E-state index contributed by atoms with van der Waals surface area (Å²) in [6, 6.07) is 15.7. The quantitative estimate of drug-likeness (QED) is 0.515. The van der Waals surface area contributed by atoms with E-state index in [-0.39, 0.29) is 5.91 Å². The maximum absolute atomic E-state index is 12.6. The van der Waals surface area contributed by atoms with Crippen LogP contribution in [0.3, 0.4) is 0 Å². The van der Waals surface area contributed by atoms with Crippen molar-refractivity contribution in [1.29, 1.82) is 0 Å². The number of likely N-dealkylation sites (N-methyl/N-ethyl adjacent to an activating group) is 1. The summed E-state index contributed by atoms with van der Waals surface area (Å²) in [7, 11) is 2.14. The molecule has 0 saturated carbocycles. The molecule has 174 valence electrons. The molecule has 1 aliphatic heterocycles. The Morgan fingerprint density at radius 1 is 1.24 bits per heavy atom. The second-order valence-electron chi connectivity index (χ2n) is 8.13. The van der Waals surface area contributed by atoms with Crippen LogP contribution >= 0.6 is 11.6 Å². The normalized spacial score (nSPS) is 14.4. The van der Waals surface area contributed by atoms with Crippen LogP contribution in [0, 0.1) is 0 Å². The Kier molecular flexibility index (Phi) is 7.99. The standard InChI is InChI=1S/C25H29ClN4O3/c1-29(21-9-12-32-13-10-21)11-14-33-22-6-4-5-19(15-22)16-27-25(31)20-17-28-30(18-20)24-8-3-2-7-23(24)26/h2-8,15,17-18,21H,9-14,16H2,1H3,(H,27,31). The highest BCUT2D eigenvalue weighted by atomic mass is 35.5. The van der Waals surface area contributed by atoms with E-state index in [0.29, 0.717) is 29.8 Å². The van der Waals surface area contributed by atoms with E-state index >= 15 is 0 Å². The summed E-state index contributed by atoms with van der Waals surface area (Å²) in [5.41, 5.74) is 2.17. The number of carbonyl (C=O) groups is 1. The molecule has 2 heterocycles. The third-order valence-corrected chi connectivity index (χ3v) is 6.14. The molecule has 1 amide bonds. The zero-order valence-corrected chi connectivity index (χ0v) is 19.5. The Hall–Kier alpha value is -2.87. The van der Waals surface area contributed by atoms with E-state index < -0.39 is 0 Å². The number of aromatic nitrogens is 2. The van der Waals surface area contributed by atoms with Crippen molar-refractivity contribution >= 4 is 17.5 Å². The van der Waals surface area contributed by atoms with Crippen LogP contribution in [0.25, 0.3) is 5.69 Å². The Labute approximate surface area is 199 Å². The van der Waals surface area contributed by atoms with E-state index in [1.54, 1.807) is 16.9 Å². The molecule has 0 aliphatic carbocycles. The molecule has 1 N–H and O–H groups in total. The van der Waals surface area contributed by atoms with E-state index in [1.165, 1.54) is 6.20 Å². The van der Waals surface area contributed by atoms with E-state index in [1.807, 2.05) is 42.5 Å². The second kappa shape index (κ2) is 11.3. The van der Waals surface area contributed by atoms with Crippen LogP contribution in [0.4, 0.5) is 0 Å². The molecule has 8 heteroatoms. The Morgan fingerprint density at radius 2 is 2.06 bits per heavy atom. The number of ether oxygens (including phenoxy) is 2. The molecule has 0 atom stereocenters. The maximum Gasteiger partial charge on any atom is 0.254 e. The number of benzene rings is 2. The van der Waals surface area contributed by atoms with Gasteiger partial charge >= 0.3 is 0 Å². The van der Waals surface area contributed by atoms with Crippen LogP contribution in [-0.2, 0) is 11.3 Å². The maximum atomic E-state index is 12.6. The van der Waals surface area contributed by atoms with Gasteiger partial charge in [-0.3, -0.25) is 9.69 Å². The van der Waals surface area contributed by atoms with Gasteiger partial charge < -0.3 is 14.8 Å². The molecule has 3 aromatic rings. The lowest BCUT2D eigenvalue weighted by atomic mass is 10.1. The van der Waals surface area contributed by atoms with Gasteiger partial charge in [-0.25, -0.2) is 4.68 Å². The van der Waals surface area contributed by atoms with Gasteiger partial charge in [0, 0.05) is 38.5 Å². The molecule has 0 bridgehead atoms. The van der Waals surface area contributed by atoms with Crippen molar-refractivity contribution in [3.05, 3.63) is 77.1 Å². The molecule has 1 aromatic heterocycles. The molecule has 1 saturated heterocycles. The summed E-state index contributed by atoms with van der Waals surface area (Å²) < 4.78 is 13.0. The minimum atomic E-state index is -0.197. The highest BCUT2D eigenvalue weighted by Gasteiger charge is 2.18. The summed E-state index contributed by atoms with van der Waals surface area (Å²) in [5.74, 6) is 0.603. The summed E-state index contributed by atoms with van der Waals surface area (Å²) in [5, 5.41) is 7.77. The molecule has 0 radical (unpaired) electrons. The van der Waals surface area contributed by atoms with Gasteiger partial charge in [-0.15, -0.1) is 0 Å². The lowest BCUT2D eigenvalue weighted by molar-refractivity contribution is 0.0392. The van der Waals surface area contributed by atoms with Gasteiger partial charge in [0.25, 0.3) is 5.91 Å². The lowest BCUT2D eigenvalue weighted by Crippen LogP contribution is -2.38. The average molecular weight is 469 g/mol. The molecular weight excluding hydrogens is 440 g/mol.